The molecule has 4 rings (SSSR count). The van der Waals surface area contributed by atoms with Crippen LogP contribution >= 0.6 is 15.9 Å². The predicted octanol–water partition coefficient (Wildman–Crippen LogP) is 2.58. The van der Waals surface area contributed by atoms with Crippen molar-refractivity contribution in [2.75, 3.05) is 6.61 Å². The van der Waals surface area contributed by atoms with Crippen molar-refractivity contribution in [2.24, 2.45) is 5.10 Å². The van der Waals surface area contributed by atoms with Gasteiger partial charge < -0.3 is 24.8 Å². The van der Waals surface area contributed by atoms with Gasteiger partial charge in [0.25, 0.3) is 0 Å². The Morgan fingerprint density at radius 2 is 2.08 bits per heavy atom. The second-order valence-electron chi connectivity index (χ2n) is 6.40. The van der Waals surface area contributed by atoms with Gasteiger partial charge in [0.05, 0.1) is 18.4 Å². The highest BCUT2D eigenvalue weighted by molar-refractivity contribution is 9.10. The molecule has 25 heavy (non-hydrogen) atoms. The van der Waals surface area contributed by atoms with Crippen LogP contribution in [0.2, 0.25) is 0 Å². The maximum atomic E-state index is 10.0. The number of nitrogens with one attached hydrogen (secondary N) is 1. The van der Waals surface area contributed by atoms with Gasteiger partial charge in [0.15, 0.2) is 0 Å². The van der Waals surface area contributed by atoms with Crippen molar-refractivity contribution in [3.63, 3.8) is 0 Å². The molecule has 4 atom stereocenters. The Bertz CT molecular complexity index is 819. The van der Waals surface area contributed by atoms with Crippen LogP contribution in [-0.2, 0) is 4.74 Å². The topological polar surface area (TPSA) is 87.2 Å². The number of hydrazone groups is 1. The molecule has 1 fully saturated rings. The number of ether oxygens (including phenoxy) is 1. The Labute approximate surface area is 153 Å². The molecule has 1 aromatic carbocycles. The molecule has 3 heterocycles. The standard InChI is InChI=1S/C18H19BrN2O4/c1-9-11(6-16(25-9)18-17(23)15(22)8-24-18)14-7-13(20-21-14)10-4-2-3-5-12(10)19/h2-6,13,15,17-18,20,22-23H,7-8H2,1H3/t13?,15-,17-,18+/m1/s1. The number of aliphatic hydroxyl groups is 2. The van der Waals surface area contributed by atoms with Crippen LogP contribution < -0.4 is 5.43 Å². The largest absolute Gasteiger partial charge is 0.463 e. The molecule has 2 aliphatic rings. The van der Waals surface area contributed by atoms with Crippen LogP contribution in [0.5, 0.6) is 0 Å². The van der Waals surface area contributed by atoms with E-state index in [4.69, 9.17) is 9.15 Å². The Morgan fingerprint density at radius 3 is 2.80 bits per heavy atom. The van der Waals surface area contributed by atoms with Crippen molar-refractivity contribution in [1.82, 2.24) is 5.43 Å². The highest BCUT2D eigenvalue weighted by atomic mass is 79.9. The molecule has 0 aliphatic carbocycles. The van der Waals surface area contributed by atoms with E-state index in [1.54, 1.807) is 0 Å². The third kappa shape index (κ3) is 3.01. The molecule has 2 aliphatic heterocycles. The fourth-order valence-corrected chi connectivity index (χ4v) is 3.89. The monoisotopic (exact) mass is 406 g/mol. The molecule has 0 spiro atoms. The van der Waals surface area contributed by atoms with Gasteiger partial charge in [-0.25, -0.2) is 0 Å². The number of nitrogens with zero attached hydrogens (tertiary/aromatic N) is 1. The first-order chi connectivity index (χ1) is 12.0. The van der Waals surface area contributed by atoms with Crippen LogP contribution in [0.25, 0.3) is 0 Å². The minimum absolute atomic E-state index is 0.0958. The minimum atomic E-state index is -0.977. The molecule has 0 amide bonds. The lowest BCUT2D eigenvalue weighted by Crippen LogP contribution is -2.24. The molecule has 6 nitrogen and oxygen atoms in total. The third-order valence-electron chi connectivity index (χ3n) is 4.71. The van der Waals surface area contributed by atoms with Gasteiger partial charge in [-0.05, 0) is 24.6 Å². The highest BCUT2D eigenvalue weighted by Crippen LogP contribution is 2.35. The van der Waals surface area contributed by atoms with Crippen LogP contribution in [0.1, 0.15) is 41.2 Å². The van der Waals surface area contributed by atoms with Gasteiger partial charge in [0.2, 0.25) is 0 Å². The van der Waals surface area contributed by atoms with Crippen molar-refractivity contribution >= 4 is 21.6 Å². The first-order valence-electron chi connectivity index (χ1n) is 8.19. The molecule has 7 heteroatoms. The van der Waals surface area contributed by atoms with E-state index < -0.39 is 18.3 Å². The second-order valence-corrected chi connectivity index (χ2v) is 7.25. The van der Waals surface area contributed by atoms with Crippen LogP contribution in [0.4, 0.5) is 0 Å². The zero-order chi connectivity index (χ0) is 17.6. The SMILES string of the molecule is Cc1oc([C@@H]2OC[C@@H](O)[C@H]2O)cc1C1=NNC(c2ccccc2Br)C1. The van der Waals surface area contributed by atoms with Crippen molar-refractivity contribution in [3.8, 4) is 0 Å². The van der Waals surface area contributed by atoms with E-state index in [9.17, 15) is 10.2 Å². The van der Waals surface area contributed by atoms with Gasteiger partial charge in [0.1, 0.15) is 29.8 Å². The van der Waals surface area contributed by atoms with E-state index in [-0.39, 0.29) is 12.6 Å². The number of rotatable bonds is 3. The molecule has 0 saturated carbocycles. The molecule has 2 aromatic rings. The molecule has 3 N–H and O–H groups in total. The number of aryl methyl sites for hydroxylation is 1. The zero-order valence-electron chi connectivity index (χ0n) is 13.6. The van der Waals surface area contributed by atoms with E-state index in [0.717, 1.165) is 33.5 Å². The number of furan rings is 1. The summed E-state index contributed by atoms with van der Waals surface area (Å²) in [4.78, 5) is 0. The molecule has 1 aromatic heterocycles. The smallest absolute Gasteiger partial charge is 0.144 e. The average Bonchev–Trinajstić information content (AvgIpc) is 3.29. The summed E-state index contributed by atoms with van der Waals surface area (Å²) in [7, 11) is 0. The van der Waals surface area contributed by atoms with Crippen LogP contribution in [0, 0.1) is 6.92 Å². The lowest BCUT2D eigenvalue weighted by Gasteiger charge is -2.11. The lowest BCUT2D eigenvalue weighted by molar-refractivity contribution is 0.0117. The van der Waals surface area contributed by atoms with Crippen LogP contribution in [-0.4, -0.2) is 34.7 Å². The van der Waals surface area contributed by atoms with E-state index >= 15 is 0 Å². The number of halogens is 1. The van der Waals surface area contributed by atoms with E-state index in [1.165, 1.54) is 0 Å². The summed E-state index contributed by atoms with van der Waals surface area (Å²) in [6, 6.07) is 10.0. The fraction of sp³-hybridized carbons (Fsp3) is 0.389. The normalized spacial score (nSPS) is 28.9. The van der Waals surface area contributed by atoms with Gasteiger partial charge in [0, 0.05) is 16.5 Å². The molecular weight excluding hydrogens is 388 g/mol. The highest BCUT2D eigenvalue weighted by Gasteiger charge is 2.38. The Hall–Kier alpha value is -1.67. The van der Waals surface area contributed by atoms with Gasteiger partial charge in [-0.15, -0.1) is 0 Å². The Balaban J connectivity index is 1.55. The maximum absolute atomic E-state index is 10.0. The summed E-state index contributed by atoms with van der Waals surface area (Å²) in [6.45, 7) is 1.97. The maximum Gasteiger partial charge on any atom is 0.144 e. The van der Waals surface area contributed by atoms with Crippen molar-refractivity contribution in [3.05, 3.63) is 57.5 Å². The van der Waals surface area contributed by atoms with Crippen molar-refractivity contribution < 1.29 is 19.4 Å². The van der Waals surface area contributed by atoms with E-state index in [1.807, 2.05) is 31.2 Å². The number of aliphatic hydroxyl groups excluding tert-OH is 2. The van der Waals surface area contributed by atoms with E-state index in [0.29, 0.717) is 5.76 Å². The number of benzene rings is 1. The van der Waals surface area contributed by atoms with Gasteiger partial charge in [-0.3, -0.25) is 0 Å². The summed E-state index contributed by atoms with van der Waals surface area (Å²) in [6.07, 6.45) is -1.77. The quantitative estimate of drug-likeness (QED) is 0.728. The lowest BCUT2D eigenvalue weighted by atomic mass is 9.99. The fourth-order valence-electron chi connectivity index (χ4n) is 3.33. The average molecular weight is 407 g/mol. The van der Waals surface area contributed by atoms with Gasteiger partial charge in [-0.1, -0.05) is 34.1 Å². The number of hydrogen-bond acceptors (Lipinski definition) is 6. The molecule has 0 bridgehead atoms. The second kappa shape index (κ2) is 6.57. The molecule has 1 saturated heterocycles. The summed E-state index contributed by atoms with van der Waals surface area (Å²) >= 11 is 3.58. The molecule has 0 radical (unpaired) electrons. The first-order valence-corrected chi connectivity index (χ1v) is 8.99. The van der Waals surface area contributed by atoms with Crippen molar-refractivity contribution in [1.29, 1.82) is 0 Å². The Kier molecular flexibility index (Phi) is 4.41. The first kappa shape index (κ1) is 16.8. The Morgan fingerprint density at radius 1 is 1.28 bits per heavy atom. The summed E-state index contributed by atoms with van der Waals surface area (Å²) in [5, 5.41) is 24.1. The minimum Gasteiger partial charge on any atom is -0.463 e. The summed E-state index contributed by atoms with van der Waals surface area (Å²) in [5.41, 5.74) is 6.13. The van der Waals surface area contributed by atoms with Crippen molar-refractivity contribution in [2.45, 2.75) is 37.7 Å². The molecule has 132 valence electrons. The summed E-state index contributed by atoms with van der Waals surface area (Å²) in [5.74, 6) is 1.24. The summed E-state index contributed by atoms with van der Waals surface area (Å²) < 4.78 is 12.3. The van der Waals surface area contributed by atoms with Gasteiger partial charge in [-0.2, -0.15) is 5.10 Å². The third-order valence-corrected chi connectivity index (χ3v) is 5.43. The van der Waals surface area contributed by atoms with E-state index in [2.05, 4.69) is 32.5 Å². The van der Waals surface area contributed by atoms with Crippen LogP contribution in [0.3, 0.4) is 0 Å². The van der Waals surface area contributed by atoms with Crippen LogP contribution in [0.15, 0.2) is 44.3 Å². The predicted molar refractivity (Wildman–Crippen MR) is 95.3 cm³/mol. The molecular formula is C18H19BrN2O4. The zero-order valence-corrected chi connectivity index (χ0v) is 15.2. The number of hydrogen-bond donors (Lipinski definition) is 3. The molecule has 1 unspecified atom stereocenters. The van der Waals surface area contributed by atoms with Gasteiger partial charge >= 0.3 is 0 Å².